The third kappa shape index (κ3) is 5.63. The van der Waals surface area contributed by atoms with Crippen molar-refractivity contribution in [1.29, 1.82) is 0 Å². The predicted molar refractivity (Wildman–Crippen MR) is 93.3 cm³/mol. The van der Waals surface area contributed by atoms with E-state index in [9.17, 15) is 4.79 Å². The van der Waals surface area contributed by atoms with Crippen LogP contribution in [-0.2, 0) is 9.53 Å². The van der Waals surface area contributed by atoms with Gasteiger partial charge in [0.15, 0.2) is 0 Å². The first-order chi connectivity index (χ1) is 10.9. The van der Waals surface area contributed by atoms with Crippen molar-refractivity contribution in [2.75, 3.05) is 20.7 Å². The standard InChI is InChI=1S/C19H30N2O2/c1-19(2)14-16(12-13-23-19)20-18(22)11-10-17(21(3)4)15-8-6-5-7-9-15/h5-9,16-17H,10-14H2,1-4H3,(H,20,22)/t16-,17+/m1/s1. The third-order valence-corrected chi connectivity index (χ3v) is 4.51. The van der Waals surface area contributed by atoms with Crippen molar-refractivity contribution in [2.24, 2.45) is 0 Å². The van der Waals surface area contributed by atoms with Crippen LogP contribution in [0.15, 0.2) is 30.3 Å². The van der Waals surface area contributed by atoms with E-state index in [0.29, 0.717) is 6.42 Å². The Bertz CT molecular complexity index is 499. The monoisotopic (exact) mass is 318 g/mol. The van der Waals surface area contributed by atoms with E-state index in [1.165, 1.54) is 5.56 Å². The number of nitrogens with zero attached hydrogens (tertiary/aromatic N) is 1. The molecule has 0 spiro atoms. The van der Waals surface area contributed by atoms with Gasteiger partial charge in [0.25, 0.3) is 0 Å². The fraction of sp³-hybridized carbons (Fsp3) is 0.632. The molecule has 0 aromatic heterocycles. The molecule has 1 amide bonds. The van der Waals surface area contributed by atoms with Gasteiger partial charge in [-0.15, -0.1) is 0 Å². The Balaban J connectivity index is 1.85. The van der Waals surface area contributed by atoms with E-state index >= 15 is 0 Å². The van der Waals surface area contributed by atoms with Crippen LogP contribution in [0.5, 0.6) is 0 Å². The van der Waals surface area contributed by atoms with Gasteiger partial charge >= 0.3 is 0 Å². The van der Waals surface area contributed by atoms with Crippen LogP contribution in [0.4, 0.5) is 0 Å². The Kier molecular flexibility index (Phi) is 6.19. The Labute approximate surface area is 140 Å². The Morgan fingerprint density at radius 1 is 1.35 bits per heavy atom. The number of hydrogen-bond acceptors (Lipinski definition) is 3. The number of carbonyl (C=O) groups excluding carboxylic acids is 1. The molecule has 1 saturated heterocycles. The Morgan fingerprint density at radius 2 is 2.04 bits per heavy atom. The summed E-state index contributed by atoms with van der Waals surface area (Å²) in [6.07, 6.45) is 3.17. The van der Waals surface area contributed by atoms with Crippen molar-refractivity contribution in [3.63, 3.8) is 0 Å². The zero-order valence-corrected chi connectivity index (χ0v) is 14.8. The van der Waals surface area contributed by atoms with E-state index in [-0.39, 0.29) is 23.6 Å². The van der Waals surface area contributed by atoms with Crippen LogP contribution < -0.4 is 5.32 Å². The average Bonchev–Trinajstić information content (AvgIpc) is 2.47. The minimum absolute atomic E-state index is 0.133. The van der Waals surface area contributed by atoms with E-state index in [1.807, 2.05) is 6.07 Å². The molecule has 0 saturated carbocycles. The van der Waals surface area contributed by atoms with Crippen molar-refractivity contribution in [3.8, 4) is 0 Å². The van der Waals surface area contributed by atoms with Crippen molar-refractivity contribution in [3.05, 3.63) is 35.9 Å². The molecule has 1 aromatic carbocycles. The minimum Gasteiger partial charge on any atom is -0.375 e. The zero-order valence-electron chi connectivity index (χ0n) is 14.8. The van der Waals surface area contributed by atoms with E-state index in [2.05, 4.69) is 62.4 Å². The van der Waals surface area contributed by atoms with Gasteiger partial charge in [-0.1, -0.05) is 30.3 Å². The first-order valence-electron chi connectivity index (χ1n) is 8.52. The van der Waals surface area contributed by atoms with Gasteiger partial charge in [0.2, 0.25) is 5.91 Å². The number of ether oxygens (including phenoxy) is 1. The summed E-state index contributed by atoms with van der Waals surface area (Å²) in [5.74, 6) is 0.149. The SMILES string of the molecule is CN(C)[C@@H](CCC(=O)N[C@@H]1CCOC(C)(C)C1)c1ccccc1. The maximum Gasteiger partial charge on any atom is 0.220 e. The van der Waals surface area contributed by atoms with Gasteiger partial charge in [0.05, 0.1) is 5.60 Å². The molecule has 128 valence electrons. The van der Waals surface area contributed by atoms with Crippen LogP contribution in [0, 0.1) is 0 Å². The second-order valence-electron chi connectivity index (χ2n) is 7.29. The summed E-state index contributed by atoms with van der Waals surface area (Å²) in [6.45, 7) is 4.90. The van der Waals surface area contributed by atoms with Crippen LogP contribution in [0.3, 0.4) is 0 Å². The molecule has 2 rings (SSSR count). The van der Waals surface area contributed by atoms with Crippen molar-refractivity contribution in [1.82, 2.24) is 10.2 Å². The maximum atomic E-state index is 12.3. The number of rotatable bonds is 6. The van der Waals surface area contributed by atoms with Gasteiger partial charge in [-0.25, -0.2) is 0 Å². The highest BCUT2D eigenvalue weighted by Gasteiger charge is 2.29. The summed E-state index contributed by atoms with van der Waals surface area (Å²) in [5, 5.41) is 3.18. The first-order valence-corrected chi connectivity index (χ1v) is 8.52. The highest BCUT2D eigenvalue weighted by atomic mass is 16.5. The molecule has 2 atom stereocenters. The summed E-state index contributed by atoms with van der Waals surface area (Å²) in [7, 11) is 4.13. The second-order valence-corrected chi connectivity index (χ2v) is 7.29. The van der Waals surface area contributed by atoms with E-state index in [0.717, 1.165) is 25.9 Å². The summed E-state index contributed by atoms with van der Waals surface area (Å²) in [6, 6.07) is 10.9. The molecule has 1 heterocycles. The molecule has 1 fully saturated rings. The summed E-state index contributed by atoms with van der Waals surface area (Å²) in [5.41, 5.74) is 1.13. The summed E-state index contributed by atoms with van der Waals surface area (Å²) in [4.78, 5) is 14.5. The van der Waals surface area contributed by atoms with Gasteiger partial charge < -0.3 is 15.0 Å². The van der Waals surface area contributed by atoms with E-state index < -0.39 is 0 Å². The van der Waals surface area contributed by atoms with Crippen molar-refractivity contribution < 1.29 is 9.53 Å². The normalized spacial score (nSPS) is 21.9. The molecule has 0 bridgehead atoms. The lowest BCUT2D eigenvalue weighted by molar-refractivity contribution is -0.124. The van der Waals surface area contributed by atoms with Crippen LogP contribution in [0.1, 0.15) is 51.1 Å². The lowest BCUT2D eigenvalue weighted by Crippen LogP contribution is -2.45. The van der Waals surface area contributed by atoms with Gasteiger partial charge in [-0.05, 0) is 52.8 Å². The van der Waals surface area contributed by atoms with Crippen LogP contribution >= 0.6 is 0 Å². The molecule has 0 aliphatic carbocycles. The second kappa shape index (κ2) is 7.93. The van der Waals surface area contributed by atoms with E-state index in [1.54, 1.807) is 0 Å². The highest BCUT2D eigenvalue weighted by Crippen LogP contribution is 2.25. The number of nitrogens with one attached hydrogen (secondary N) is 1. The molecule has 4 heteroatoms. The molecule has 0 radical (unpaired) electrons. The fourth-order valence-electron chi connectivity index (χ4n) is 3.32. The number of benzene rings is 1. The van der Waals surface area contributed by atoms with E-state index in [4.69, 9.17) is 4.74 Å². The maximum absolute atomic E-state index is 12.3. The number of carbonyl (C=O) groups is 1. The largest absolute Gasteiger partial charge is 0.375 e. The van der Waals surface area contributed by atoms with Gasteiger partial charge in [-0.3, -0.25) is 4.79 Å². The molecular formula is C19H30N2O2. The predicted octanol–water partition coefficient (Wildman–Crippen LogP) is 3.14. The highest BCUT2D eigenvalue weighted by molar-refractivity contribution is 5.76. The van der Waals surface area contributed by atoms with Gasteiger partial charge in [0, 0.05) is 25.1 Å². The Hall–Kier alpha value is -1.39. The molecule has 1 aromatic rings. The number of amides is 1. The van der Waals surface area contributed by atoms with Gasteiger partial charge in [0.1, 0.15) is 0 Å². The van der Waals surface area contributed by atoms with Crippen molar-refractivity contribution >= 4 is 5.91 Å². The van der Waals surface area contributed by atoms with Gasteiger partial charge in [-0.2, -0.15) is 0 Å². The van der Waals surface area contributed by atoms with Crippen molar-refractivity contribution in [2.45, 2.75) is 57.2 Å². The molecule has 1 aliphatic rings. The summed E-state index contributed by atoms with van der Waals surface area (Å²) >= 11 is 0. The minimum atomic E-state index is -0.133. The molecule has 23 heavy (non-hydrogen) atoms. The summed E-state index contributed by atoms with van der Waals surface area (Å²) < 4.78 is 5.71. The average molecular weight is 318 g/mol. The quantitative estimate of drug-likeness (QED) is 0.876. The molecule has 1 N–H and O–H groups in total. The van der Waals surface area contributed by atoms with Crippen LogP contribution in [0.25, 0.3) is 0 Å². The van der Waals surface area contributed by atoms with Crippen LogP contribution in [0.2, 0.25) is 0 Å². The first kappa shape index (κ1) is 18.0. The topological polar surface area (TPSA) is 41.6 Å². The zero-order chi connectivity index (χ0) is 16.9. The molecule has 4 nitrogen and oxygen atoms in total. The lowest BCUT2D eigenvalue weighted by atomic mass is 9.93. The van der Waals surface area contributed by atoms with Crippen LogP contribution in [-0.4, -0.2) is 43.2 Å². The smallest absolute Gasteiger partial charge is 0.220 e. The lowest BCUT2D eigenvalue weighted by Gasteiger charge is -2.36. The molecular weight excluding hydrogens is 288 g/mol. The number of hydrogen-bond donors (Lipinski definition) is 1. The molecule has 0 unspecified atom stereocenters. The third-order valence-electron chi connectivity index (χ3n) is 4.51. The fourth-order valence-corrected chi connectivity index (χ4v) is 3.32. The molecule has 1 aliphatic heterocycles. The Morgan fingerprint density at radius 3 is 2.65 bits per heavy atom.